The lowest BCUT2D eigenvalue weighted by molar-refractivity contribution is 0.284. The van der Waals surface area contributed by atoms with Gasteiger partial charge in [-0.3, -0.25) is 0 Å². The van der Waals surface area contributed by atoms with E-state index in [9.17, 15) is 9.65 Å². The number of methoxy groups -OCH3 is 1. The van der Waals surface area contributed by atoms with Gasteiger partial charge in [-0.05, 0) is 47.0 Å². The molecule has 3 aromatic rings. The van der Waals surface area contributed by atoms with Crippen molar-refractivity contribution in [2.75, 3.05) is 7.11 Å². The first-order chi connectivity index (χ1) is 13.2. The fourth-order valence-electron chi connectivity index (χ4n) is 2.60. The molecule has 134 valence electrons. The molecule has 27 heavy (non-hydrogen) atoms. The van der Waals surface area contributed by atoms with Crippen LogP contribution in [-0.2, 0) is 6.61 Å². The smallest absolute Gasteiger partial charge is 0.161 e. The highest BCUT2D eigenvalue weighted by Crippen LogP contribution is 2.30. The van der Waals surface area contributed by atoms with Crippen molar-refractivity contribution in [3.63, 3.8) is 0 Å². The Labute approximate surface area is 157 Å². The third-order valence-corrected chi connectivity index (χ3v) is 4.01. The minimum absolute atomic E-state index is 0.279. The Kier molecular flexibility index (Phi) is 5.86. The van der Waals surface area contributed by atoms with Crippen LogP contribution in [0.15, 0.2) is 72.8 Å². The molecule has 0 bridgehead atoms. The molecule has 0 aliphatic heterocycles. The molecule has 3 rings (SSSR count). The molecule has 4 heteroatoms. The van der Waals surface area contributed by atoms with Crippen LogP contribution in [0.4, 0.5) is 4.39 Å². The molecule has 0 amide bonds. The lowest BCUT2D eigenvalue weighted by Gasteiger charge is -2.11. The molecular weight excluding hydrogens is 341 g/mol. The molecule has 0 unspecified atom stereocenters. The zero-order valence-corrected chi connectivity index (χ0v) is 14.9. The van der Waals surface area contributed by atoms with Gasteiger partial charge in [0.05, 0.1) is 18.8 Å². The van der Waals surface area contributed by atoms with E-state index in [1.165, 1.54) is 12.1 Å². The number of nitrogens with zero attached hydrogens (tertiary/aromatic N) is 1. The molecule has 0 saturated carbocycles. The Balaban J connectivity index is 1.80. The third kappa shape index (κ3) is 4.74. The van der Waals surface area contributed by atoms with Crippen molar-refractivity contribution in [3.8, 4) is 17.6 Å². The summed E-state index contributed by atoms with van der Waals surface area (Å²) in [5.74, 6) is 0.868. The Morgan fingerprint density at radius 2 is 1.74 bits per heavy atom. The van der Waals surface area contributed by atoms with E-state index in [2.05, 4.69) is 6.07 Å². The van der Waals surface area contributed by atoms with E-state index >= 15 is 0 Å². The number of halogens is 1. The summed E-state index contributed by atoms with van der Waals surface area (Å²) in [5, 5.41) is 9.45. The first kappa shape index (κ1) is 18.2. The van der Waals surface area contributed by atoms with Gasteiger partial charge < -0.3 is 9.47 Å². The van der Waals surface area contributed by atoms with Crippen LogP contribution >= 0.6 is 0 Å². The van der Waals surface area contributed by atoms with Crippen molar-refractivity contribution < 1.29 is 13.9 Å². The summed E-state index contributed by atoms with van der Waals surface area (Å²) < 4.78 is 24.2. The Morgan fingerprint density at radius 1 is 1.00 bits per heavy atom. The maximum Gasteiger partial charge on any atom is 0.161 e. The molecule has 3 nitrogen and oxygen atoms in total. The Hall–Kier alpha value is -3.58. The summed E-state index contributed by atoms with van der Waals surface area (Å²) in [6.45, 7) is 0.305. The predicted octanol–water partition coefficient (Wildman–Crippen LogP) is 5.48. The average molecular weight is 359 g/mol. The number of hydrogen-bond donors (Lipinski definition) is 0. The van der Waals surface area contributed by atoms with Crippen LogP contribution in [-0.4, -0.2) is 7.11 Å². The SMILES string of the molecule is COc1cc(/C=C(\C#N)c2ccccc2)ccc1OCc1ccc(F)cc1. The molecule has 0 spiro atoms. The predicted molar refractivity (Wildman–Crippen MR) is 104 cm³/mol. The van der Waals surface area contributed by atoms with Gasteiger partial charge in [0.2, 0.25) is 0 Å². The summed E-state index contributed by atoms with van der Waals surface area (Å²) in [6.07, 6.45) is 1.81. The molecule has 0 aromatic heterocycles. The van der Waals surface area contributed by atoms with Gasteiger partial charge in [0, 0.05) is 0 Å². The summed E-state index contributed by atoms with van der Waals surface area (Å²) in [5.41, 5.74) is 3.12. The molecule has 0 heterocycles. The topological polar surface area (TPSA) is 42.2 Å². The van der Waals surface area contributed by atoms with E-state index in [1.807, 2.05) is 48.5 Å². The molecule has 0 atom stereocenters. The minimum atomic E-state index is -0.279. The Morgan fingerprint density at radius 3 is 2.41 bits per heavy atom. The second-order valence-electron chi connectivity index (χ2n) is 5.86. The molecule has 0 saturated heterocycles. The fraction of sp³-hybridized carbons (Fsp3) is 0.0870. The molecule has 3 aromatic carbocycles. The second kappa shape index (κ2) is 8.68. The number of allylic oxidation sites excluding steroid dienone is 1. The van der Waals surface area contributed by atoms with Crippen LogP contribution in [0.3, 0.4) is 0 Å². The second-order valence-corrected chi connectivity index (χ2v) is 5.86. The number of benzene rings is 3. The Bertz CT molecular complexity index is 974. The van der Waals surface area contributed by atoms with Gasteiger partial charge in [-0.1, -0.05) is 48.5 Å². The van der Waals surface area contributed by atoms with Crippen molar-refractivity contribution in [1.82, 2.24) is 0 Å². The highest BCUT2D eigenvalue weighted by molar-refractivity contribution is 5.89. The lowest BCUT2D eigenvalue weighted by atomic mass is 10.0. The molecule has 0 N–H and O–H groups in total. The van der Waals surface area contributed by atoms with E-state index < -0.39 is 0 Å². The molecule has 0 aliphatic rings. The van der Waals surface area contributed by atoms with E-state index in [-0.39, 0.29) is 5.82 Å². The van der Waals surface area contributed by atoms with Gasteiger partial charge in [0.15, 0.2) is 11.5 Å². The van der Waals surface area contributed by atoms with E-state index in [0.717, 1.165) is 16.7 Å². The number of ether oxygens (including phenoxy) is 2. The van der Waals surface area contributed by atoms with Gasteiger partial charge in [-0.15, -0.1) is 0 Å². The first-order valence-electron chi connectivity index (χ1n) is 8.42. The van der Waals surface area contributed by atoms with E-state index in [0.29, 0.717) is 23.7 Å². The summed E-state index contributed by atoms with van der Waals surface area (Å²) in [6, 6.07) is 23.4. The molecule has 0 fully saturated rings. The monoisotopic (exact) mass is 359 g/mol. The highest BCUT2D eigenvalue weighted by Gasteiger charge is 2.07. The third-order valence-electron chi connectivity index (χ3n) is 4.01. The van der Waals surface area contributed by atoms with Crippen LogP contribution in [0.2, 0.25) is 0 Å². The van der Waals surface area contributed by atoms with Crippen LogP contribution in [0.25, 0.3) is 11.6 Å². The maximum absolute atomic E-state index is 13.0. The van der Waals surface area contributed by atoms with Gasteiger partial charge >= 0.3 is 0 Å². The summed E-state index contributed by atoms with van der Waals surface area (Å²) in [4.78, 5) is 0. The van der Waals surface area contributed by atoms with Crippen molar-refractivity contribution >= 4 is 11.6 Å². The number of nitriles is 1. The van der Waals surface area contributed by atoms with E-state index in [1.54, 1.807) is 25.3 Å². The lowest BCUT2D eigenvalue weighted by Crippen LogP contribution is -1.98. The zero-order chi connectivity index (χ0) is 19.1. The summed E-state index contributed by atoms with van der Waals surface area (Å²) >= 11 is 0. The first-order valence-corrected chi connectivity index (χ1v) is 8.42. The summed E-state index contributed by atoms with van der Waals surface area (Å²) in [7, 11) is 1.57. The zero-order valence-electron chi connectivity index (χ0n) is 14.9. The van der Waals surface area contributed by atoms with Gasteiger partial charge in [0.1, 0.15) is 12.4 Å². The van der Waals surface area contributed by atoms with Crippen LogP contribution in [0.5, 0.6) is 11.5 Å². The van der Waals surface area contributed by atoms with Crippen molar-refractivity contribution in [3.05, 3.63) is 95.3 Å². The standard InChI is InChI=1S/C23H18FNO2/c1-26-23-14-18(13-20(15-25)19-5-3-2-4-6-19)9-12-22(23)27-16-17-7-10-21(24)11-8-17/h2-14H,16H2,1H3/b20-13+. The van der Waals surface area contributed by atoms with Crippen LogP contribution in [0.1, 0.15) is 16.7 Å². The average Bonchev–Trinajstić information content (AvgIpc) is 2.72. The largest absolute Gasteiger partial charge is 0.493 e. The van der Waals surface area contributed by atoms with Gasteiger partial charge in [0.25, 0.3) is 0 Å². The van der Waals surface area contributed by atoms with Gasteiger partial charge in [-0.2, -0.15) is 5.26 Å². The number of hydrogen-bond acceptors (Lipinski definition) is 3. The van der Waals surface area contributed by atoms with Crippen molar-refractivity contribution in [2.45, 2.75) is 6.61 Å². The minimum Gasteiger partial charge on any atom is -0.493 e. The fourth-order valence-corrected chi connectivity index (χ4v) is 2.60. The van der Waals surface area contributed by atoms with Crippen LogP contribution in [0, 0.1) is 17.1 Å². The maximum atomic E-state index is 13.0. The normalized spacial score (nSPS) is 10.9. The van der Waals surface area contributed by atoms with Gasteiger partial charge in [-0.25, -0.2) is 4.39 Å². The molecule has 0 radical (unpaired) electrons. The van der Waals surface area contributed by atoms with Crippen molar-refractivity contribution in [1.29, 1.82) is 5.26 Å². The molecule has 0 aliphatic carbocycles. The van der Waals surface area contributed by atoms with E-state index in [4.69, 9.17) is 9.47 Å². The highest BCUT2D eigenvalue weighted by atomic mass is 19.1. The molecular formula is C23H18FNO2. The quantitative estimate of drug-likeness (QED) is 0.432. The van der Waals surface area contributed by atoms with Crippen LogP contribution < -0.4 is 9.47 Å². The van der Waals surface area contributed by atoms with Crippen molar-refractivity contribution in [2.24, 2.45) is 0 Å². The number of rotatable bonds is 6.